The molecule has 0 atom stereocenters. The van der Waals surface area contributed by atoms with E-state index in [0.29, 0.717) is 0 Å². The van der Waals surface area contributed by atoms with Crippen molar-refractivity contribution in [3.8, 4) is 5.75 Å². The van der Waals surface area contributed by atoms with E-state index in [0.717, 1.165) is 0 Å². The molecule has 0 aliphatic heterocycles. The van der Waals surface area contributed by atoms with E-state index in [1.165, 1.54) is 12.1 Å². The summed E-state index contributed by atoms with van der Waals surface area (Å²) in [6, 6.07) is 7.24. The molecule has 0 bridgehead atoms. The molecule has 0 unspecified atom stereocenters. The zero-order chi connectivity index (χ0) is 6.69. The van der Waals surface area contributed by atoms with Gasteiger partial charge in [0, 0.05) is 0 Å². The van der Waals surface area contributed by atoms with E-state index in [1.54, 1.807) is 18.2 Å². The highest BCUT2D eigenvalue weighted by Gasteiger charge is 1.89. The monoisotopic (exact) mass is 121 g/mol. The summed E-state index contributed by atoms with van der Waals surface area (Å²) in [5, 5.41) is 10.5. The fourth-order valence-electron chi connectivity index (χ4n) is 0.514. The highest BCUT2D eigenvalue weighted by molar-refractivity contribution is 5.17. The lowest BCUT2D eigenvalue weighted by Gasteiger charge is -1.68. The van der Waals surface area contributed by atoms with Gasteiger partial charge in [-0.1, -0.05) is 18.2 Å². The molecule has 2 heteroatoms. The van der Waals surface area contributed by atoms with E-state index in [-0.39, 0.29) is 0 Å². The maximum Gasteiger partial charge on any atom is 0.225 e. The minimum absolute atomic E-state index is 0.458. The summed E-state index contributed by atoms with van der Waals surface area (Å²) in [6.45, 7) is 0. The third-order valence-electron chi connectivity index (χ3n) is 0.960. The molecule has 0 saturated heterocycles. The van der Waals surface area contributed by atoms with Crippen LogP contribution >= 0.6 is 0 Å². The van der Waals surface area contributed by atoms with Crippen LogP contribution in [0, 0.1) is 0 Å². The minimum atomic E-state index is -0.458. The van der Waals surface area contributed by atoms with Gasteiger partial charge < -0.3 is 0 Å². The zero-order valence-electron chi connectivity index (χ0n) is 4.70. The van der Waals surface area contributed by atoms with Gasteiger partial charge in [0.15, 0.2) is 0 Å². The lowest BCUT2D eigenvalue weighted by Crippen LogP contribution is -1.89. The molecule has 1 radical (unpaired) electrons. The normalized spacial score (nSPS) is 8.89. The standard InChI is InChI=1S/C7H5O2/c8-6-4-2-1-3-5-7(6)9/h1-5H. The first-order chi connectivity index (χ1) is 4.30. The van der Waals surface area contributed by atoms with Crippen molar-refractivity contribution in [2.45, 2.75) is 0 Å². The third-order valence-corrected chi connectivity index (χ3v) is 0.960. The van der Waals surface area contributed by atoms with Gasteiger partial charge in [0.2, 0.25) is 11.2 Å². The molecule has 1 aromatic carbocycles. The van der Waals surface area contributed by atoms with Crippen LogP contribution in [0.3, 0.4) is 0 Å². The average molecular weight is 121 g/mol. The molecule has 0 aromatic heterocycles. The fourth-order valence-corrected chi connectivity index (χ4v) is 0.514. The van der Waals surface area contributed by atoms with Crippen LogP contribution in [-0.2, 0) is 5.11 Å². The van der Waals surface area contributed by atoms with Crippen molar-refractivity contribution in [1.82, 2.24) is 0 Å². The van der Waals surface area contributed by atoms with Crippen molar-refractivity contribution in [2.24, 2.45) is 0 Å². The predicted molar refractivity (Wildman–Crippen MR) is 32.8 cm³/mol. The van der Waals surface area contributed by atoms with Gasteiger partial charge in [-0.05, 0) is 12.1 Å². The smallest absolute Gasteiger partial charge is 0.225 e. The summed E-state index contributed by atoms with van der Waals surface area (Å²) >= 11 is 0. The van der Waals surface area contributed by atoms with Crippen molar-refractivity contribution in [3.05, 3.63) is 40.6 Å². The van der Waals surface area contributed by atoms with Gasteiger partial charge in [0.25, 0.3) is 0 Å². The quantitative estimate of drug-likeness (QED) is 0.508. The van der Waals surface area contributed by atoms with Crippen LogP contribution in [0.4, 0.5) is 0 Å². The molecule has 1 aromatic rings. The first-order valence-corrected chi connectivity index (χ1v) is 2.57. The summed E-state index contributed by atoms with van der Waals surface area (Å²) in [7, 11) is 0. The Morgan fingerprint density at radius 2 is 1.67 bits per heavy atom. The van der Waals surface area contributed by atoms with E-state index < -0.39 is 11.2 Å². The van der Waals surface area contributed by atoms with Crippen LogP contribution in [0.2, 0.25) is 0 Å². The van der Waals surface area contributed by atoms with Crippen LogP contribution < -0.4 is 5.43 Å². The summed E-state index contributed by atoms with van der Waals surface area (Å²) in [6.07, 6.45) is 0. The summed E-state index contributed by atoms with van der Waals surface area (Å²) < 4.78 is 0. The van der Waals surface area contributed by atoms with Gasteiger partial charge in [-0.2, -0.15) is 0 Å². The molecule has 0 heterocycles. The SMILES string of the molecule is [O]c1cccccc1=O. The van der Waals surface area contributed by atoms with E-state index in [9.17, 15) is 9.90 Å². The van der Waals surface area contributed by atoms with Crippen molar-refractivity contribution in [1.29, 1.82) is 0 Å². The van der Waals surface area contributed by atoms with E-state index in [1.807, 2.05) is 0 Å². The molecule has 0 spiro atoms. The van der Waals surface area contributed by atoms with Crippen molar-refractivity contribution < 1.29 is 5.11 Å². The fraction of sp³-hybridized carbons (Fsp3) is 0. The second-order valence-electron chi connectivity index (χ2n) is 1.64. The number of hydrogen-bond acceptors (Lipinski definition) is 1. The second-order valence-corrected chi connectivity index (χ2v) is 1.64. The lowest BCUT2D eigenvalue weighted by molar-refractivity contribution is 0.351. The Morgan fingerprint density at radius 1 is 1.00 bits per heavy atom. The Labute approximate surface area is 52.4 Å². The minimum Gasteiger partial charge on any atom is -0.286 e. The molecule has 2 nitrogen and oxygen atoms in total. The Kier molecular flexibility index (Phi) is 1.49. The molecule has 9 heavy (non-hydrogen) atoms. The Bertz CT molecular complexity index is 255. The Morgan fingerprint density at radius 3 is 2.44 bits per heavy atom. The van der Waals surface area contributed by atoms with Gasteiger partial charge in [-0.15, -0.1) is 0 Å². The summed E-state index contributed by atoms with van der Waals surface area (Å²) in [5.41, 5.74) is -0.458. The maximum absolute atomic E-state index is 10.5. The number of hydrogen-bond donors (Lipinski definition) is 0. The van der Waals surface area contributed by atoms with Gasteiger partial charge in [0.05, 0.1) is 0 Å². The molecule has 0 amide bonds. The van der Waals surface area contributed by atoms with Crippen molar-refractivity contribution in [2.75, 3.05) is 0 Å². The lowest BCUT2D eigenvalue weighted by atomic mass is 10.5. The first-order valence-electron chi connectivity index (χ1n) is 2.57. The Balaban J connectivity index is 3.42. The number of rotatable bonds is 0. The van der Waals surface area contributed by atoms with E-state index in [4.69, 9.17) is 0 Å². The molecule has 1 rings (SSSR count). The topological polar surface area (TPSA) is 37.0 Å². The van der Waals surface area contributed by atoms with Crippen LogP contribution in [0.1, 0.15) is 0 Å². The van der Waals surface area contributed by atoms with Crippen molar-refractivity contribution in [3.63, 3.8) is 0 Å². The van der Waals surface area contributed by atoms with Gasteiger partial charge in [-0.25, -0.2) is 0 Å². The largest absolute Gasteiger partial charge is 0.286 e. The predicted octanol–water partition coefficient (Wildman–Crippen LogP) is 1.19. The Hall–Kier alpha value is -1.31. The molecule has 0 fully saturated rings. The summed E-state index contributed by atoms with van der Waals surface area (Å²) in [5.74, 6) is -0.458. The van der Waals surface area contributed by atoms with Crippen molar-refractivity contribution >= 4 is 0 Å². The maximum atomic E-state index is 10.5. The van der Waals surface area contributed by atoms with E-state index >= 15 is 0 Å². The molecule has 0 N–H and O–H groups in total. The van der Waals surface area contributed by atoms with Gasteiger partial charge in [0.1, 0.15) is 0 Å². The molecule has 0 aliphatic rings. The molecule has 0 aliphatic carbocycles. The van der Waals surface area contributed by atoms with Crippen LogP contribution in [0.15, 0.2) is 35.1 Å². The molecular weight excluding hydrogens is 116 g/mol. The van der Waals surface area contributed by atoms with Crippen LogP contribution in [0.5, 0.6) is 5.75 Å². The van der Waals surface area contributed by atoms with Gasteiger partial charge >= 0.3 is 0 Å². The molecular formula is C7H5O2. The molecule has 45 valence electrons. The second kappa shape index (κ2) is 2.31. The highest BCUT2D eigenvalue weighted by atomic mass is 16.3. The highest BCUT2D eigenvalue weighted by Crippen LogP contribution is 1.95. The van der Waals surface area contributed by atoms with E-state index in [2.05, 4.69) is 0 Å². The summed E-state index contributed by atoms with van der Waals surface area (Å²) in [4.78, 5) is 10.5. The average Bonchev–Trinajstić information content (AvgIpc) is 1.99. The molecule has 0 saturated carbocycles. The zero-order valence-corrected chi connectivity index (χ0v) is 4.70. The van der Waals surface area contributed by atoms with Gasteiger partial charge in [-0.3, -0.25) is 9.90 Å². The third kappa shape index (κ3) is 1.29. The first kappa shape index (κ1) is 5.82. The van der Waals surface area contributed by atoms with Crippen LogP contribution in [0.25, 0.3) is 0 Å². The van der Waals surface area contributed by atoms with Crippen LogP contribution in [-0.4, -0.2) is 0 Å².